The molecule has 0 amide bonds. The molecule has 0 saturated carbocycles. The van der Waals surface area contributed by atoms with Crippen LogP contribution in [-0.4, -0.2) is 36.8 Å². The summed E-state index contributed by atoms with van der Waals surface area (Å²) in [5, 5.41) is 0. The minimum absolute atomic E-state index is 1.21. The Kier molecular flexibility index (Phi) is 19.3. The maximum Gasteiger partial charge on any atom is 0.125 e. The van der Waals surface area contributed by atoms with Crippen molar-refractivity contribution in [3.8, 4) is 0 Å². The van der Waals surface area contributed by atoms with E-state index in [9.17, 15) is 0 Å². The van der Waals surface area contributed by atoms with Crippen LogP contribution >= 0.6 is 11.8 Å². The van der Waals surface area contributed by atoms with Gasteiger partial charge >= 0.3 is 0 Å². The molecule has 0 aliphatic rings. The minimum atomic E-state index is 1.21. The highest BCUT2D eigenvalue weighted by molar-refractivity contribution is 7.99. The van der Waals surface area contributed by atoms with E-state index < -0.39 is 0 Å². The lowest BCUT2D eigenvalue weighted by Gasteiger charge is -2.29. The average Bonchev–Trinajstić information content (AvgIpc) is 2.59. The van der Waals surface area contributed by atoms with Crippen molar-refractivity contribution in [2.75, 3.05) is 32.3 Å². The van der Waals surface area contributed by atoms with Crippen LogP contribution in [-0.2, 0) is 0 Å². The Balaban J connectivity index is 3.32. The summed E-state index contributed by atoms with van der Waals surface area (Å²) in [7, 11) is 4.84. The van der Waals surface area contributed by atoms with Crippen LogP contribution in [0.15, 0.2) is 0 Å². The Labute approximate surface area is 165 Å². The summed E-state index contributed by atoms with van der Waals surface area (Å²) in [5.41, 5.74) is 0. The van der Waals surface area contributed by atoms with Crippen LogP contribution in [0.3, 0.4) is 0 Å². The highest BCUT2D eigenvalue weighted by Gasteiger charge is 2.13. The molecule has 2 heteroatoms. The second kappa shape index (κ2) is 19.1. The van der Waals surface area contributed by atoms with Gasteiger partial charge in [0.15, 0.2) is 0 Å². The van der Waals surface area contributed by atoms with E-state index in [0.717, 1.165) is 0 Å². The average molecular weight is 373 g/mol. The number of hydrogen-bond acceptors (Lipinski definition) is 1. The Morgan fingerprint density at radius 2 is 0.920 bits per heavy atom. The quantitative estimate of drug-likeness (QED) is 0.118. The number of nitrogens with zero attached hydrogens (tertiary/aromatic N) is 1. The Bertz CT molecular complexity index is 252. The van der Waals surface area contributed by atoms with Crippen molar-refractivity contribution < 1.29 is 4.48 Å². The Hall–Kier alpha value is 0.310. The summed E-state index contributed by atoms with van der Waals surface area (Å²) < 4.78 is 1.21. The van der Waals surface area contributed by atoms with Gasteiger partial charge in [0.25, 0.3) is 0 Å². The number of unbranched alkanes of at least 4 members (excludes halogenated alkanes) is 14. The van der Waals surface area contributed by atoms with Crippen LogP contribution in [0.4, 0.5) is 0 Å². The maximum atomic E-state index is 2.42. The standard InChI is InChI=1S/C23H50NS/c1-5-7-9-11-13-15-17-19-21-24(3,4)23-25-22-20-18-16-14-12-10-8-6-2/h5-23H2,1-4H3/q+1. The van der Waals surface area contributed by atoms with E-state index in [2.05, 4.69) is 39.7 Å². The fourth-order valence-electron chi connectivity index (χ4n) is 3.39. The molecule has 0 aromatic rings. The van der Waals surface area contributed by atoms with Gasteiger partial charge in [-0.15, -0.1) is 11.8 Å². The van der Waals surface area contributed by atoms with Gasteiger partial charge in [0.05, 0.1) is 20.6 Å². The van der Waals surface area contributed by atoms with Crippen molar-refractivity contribution in [2.45, 2.75) is 117 Å². The third-order valence-corrected chi connectivity index (χ3v) is 6.66. The molecular weight excluding hydrogens is 322 g/mol. The molecule has 1 nitrogen and oxygen atoms in total. The topological polar surface area (TPSA) is 0 Å². The third-order valence-electron chi connectivity index (χ3n) is 5.20. The second-order valence-corrected chi connectivity index (χ2v) is 9.72. The molecule has 0 saturated heterocycles. The zero-order valence-electron chi connectivity index (χ0n) is 18.3. The van der Waals surface area contributed by atoms with Gasteiger partial charge in [-0.2, -0.15) is 0 Å². The van der Waals surface area contributed by atoms with Crippen molar-refractivity contribution in [1.29, 1.82) is 0 Å². The molecule has 0 spiro atoms. The number of rotatable bonds is 20. The molecular formula is C23H50NS+. The molecule has 0 aromatic heterocycles. The van der Waals surface area contributed by atoms with Crippen molar-refractivity contribution in [3.63, 3.8) is 0 Å². The number of hydrogen-bond donors (Lipinski definition) is 0. The summed E-state index contributed by atoms with van der Waals surface area (Å²) in [6.07, 6.45) is 23.0. The number of thioether (sulfide) groups is 1. The monoisotopic (exact) mass is 372 g/mol. The fourth-order valence-corrected chi connectivity index (χ4v) is 4.55. The fraction of sp³-hybridized carbons (Fsp3) is 1.00. The van der Waals surface area contributed by atoms with Gasteiger partial charge in [-0.05, 0) is 25.0 Å². The molecule has 0 aromatic carbocycles. The Morgan fingerprint density at radius 1 is 0.520 bits per heavy atom. The predicted molar refractivity (Wildman–Crippen MR) is 120 cm³/mol. The van der Waals surface area contributed by atoms with Crippen LogP contribution in [0.5, 0.6) is 0 Å². The highest BCUT2D eigenvalue weighted by Crippen LogP contribution is 2.16. The molecule has 0 N–H and O–H groups in total. The maximum absolute atomic E-state index is 2.42. The van der Waals surface area contributed by atoms with Gasteiger partial charge in [-0.1, -0.05) is 97.3 Å². The molecule has 0 aliphatic carbocycles. The van der Waals surface area contributed by atoms with Crippen LogP contribution in [0.25, 0.3) is 0 Å². The molecule has 0 heterocycles. The molecule has 0 atom stereocenters. The molecule has 0 unspecified atom stereocenters. The largest absolute Gasteiger partial charge is 0.320 e. The first-order chi connectivity index (χ1) is 12.1. The van der Waals surface area contributed by atoms with Crippen LogP contribution in [0.2, 0.25) is 0 Å². The lowest BCUT2D eigenvalue weighted by molar-refractivity contribution is -0.877. The van der Waals surface area contributed by atoms with Crippen LogP contribution in [0.1, 0.15) is 117 Å². The highest BCUT2D eigenvalue weighted by atomic mass is 32.2. The van der Waals surface area contributed by atoms with E-state index in [1.807, 2.05) is 0 Å². The van der Waals surface area contributed by atoms with E-state index in [4.69, 9.17) is 0 Å². The first-order valence-corrected chi connectivity index (χ1v) is 12.7. The van der Waals surface area contributed by atoms with E-state index in [1.54, 1.807) is 0 Å². The van der Waals surface area contributed by atoms with E-state index in [0.29, 0.717) is 0 Å². The summed E-state index contributed by atoms with van der Waals surface area (Å²) in [5.74, 6) is 2.67. The normalized spacial score (nSPS) is 12.0. The van der Waals surface area contributed by atoms with Gasteiger partial charge < -0.3 is 4.48 Å². The molecule has 0 bridgehead atoms. The van der Waals surface area contributed by atoms with Crippen molar-refractivity contribution in [1.82, 2.24) is 0 Å². The zero-order chi connectivity index (χ0) is 18.6. The van der Waals surface area contributed by atoms with Gasteiger partial charge in [0.1, 0.15) is 5.88 Å². The zero-order valence-corrected chi connectivity index (χ0v) is 19.1. The lowest BCUT2D eigenvalue weighted by Crippen LogP contribution is -2.40. The molecule has 25 heavy (non-hydrogen) atoms. The summed E-state index contributed by atoms with van der Waals surface area (Å²) in [6, 6.07) is 0. The van der Waals surface area contributed by atoms with Gasteiger partial charge in [-0.3, -0.25) is 0 Å². The van der Waals surface area contributed by atoms with E-state index >= 15 is 0 Å². The molecule has 0 aliphatic heterocycles. The van der Waals surface area contributed by atoms with Gasteiger partial charge in [0, 0.05) is 0 Å². The van der Waals surface area contributed by atoms with E-state index in [1.165, 1.54) is 125 Å². The van der Waals surface area contributed by atoms with Crippen molar-refractivity contribution in [2.24, 2.45) is 0 Å². The van der Waals surface area contributed by atoms with Crippen molar-refractivity contribution in [3.05, 3.63) is 0 Å². The minimum Gasteiger partial charge on any atom is -0.320 e. The smallest absolute Gasteiger partial charge is 0.125 e. The molecule has 0 fully saturated rings. The van der Waals surface area contributed by atoms with Crippen LogP contribution in [0, 0.1) is 0 Å². The van der Waals surface area contributed by atoms with Crippen LogP contribution < -0.4 is 0 Å². The predicted octanol–water partition coefficient (Wildman–Crippen LogP) is 8.03. The summed E-state index contributed by atoms with van der Waals surface area (Å²) >= 11 is 2.18. The van der Waals surface area contributed by atoms with E-state index in [-0.39, 0.29) is 0 Å². The molecule has 0 rings (SSSR count). The molecule has 0 radical (unpaired) electrons. The molecule has 152 valence electrons. The summed E-state index contributed by atoms with van der Waals surface area (Å²) in [4.78, 5) is 0. The van der Waals surface area contributed by atoms with Gasteiger partial charge in [0.2, 0.25) is 0 Å². The lowest BCUT2D eigenvalue weighted by atomic mass is 10.1. The second-order valence-electron chi connectivity index (χ2n) is 8.65. The third kappa shape index (κ3) is 20.5. The first-order valence-electron chi connectivity index (χ1n) is 11.5. The Morgan fingerprint density at radius 3 is 1.40 bits per heavy atom. The first kappa shape index (κ1) is 25.3. The summed E-state index contributed by atoms with van der Waals surface area (Å²) in [6.45, 7) is 5.96. The van der Waals surface area contributed by atoms with Gasteiger partial charge in [-0.25, -0.2) is 0 Å². The SMILES string of the molecule is CCCCCCCCCCSC[N+](C)(C)CCCCCCCCCC. The van der Waals surface area contributed by atoms with Crippen molar-refractivity contribution >= 4 is 11.8 Å². The number of quaternary nitrogens is 1.